The first-order valence-electron chi connectivity index (χ1n) is 4.41. The van der Waals surface area contributed by atoms with Crippen LogP contribution in [0.5, 0.6) is 0 Å². The lowest BCUT2D eigenvalue weighted by Crippen LogP contribution is -2.04. The van der Waals surface area contributed by atoms with Gasteiger partial charge in [0.05, 0.1) is 0 Å². The number of thiophene rings is 1. The maximum absolute atomic E-state index is 12.2. The predicted molar refractivity (Wildman–Crippen MR) is 74.0 cm³/mol. The summed E-state index contributed by atoms with van der Waals surface area (Å²) in [5.41, 5.74) is 7.45. The number of anilines is 1. The molecule has 0 spiro atoms. The molecular formula is C11H7Br2NOS. The van der Waals surface area contributed by atoms with Gasteiger partial charge in [0.15, 0.2) is 5.78 Å². The summed E-state index contributed by atoms with van der Waals surface area (Å²) in [5.74, 6) is -0.0630. The number of carbonyl (C=O) groups is 1. The lowest BCUT2D eigenvalue weighted by molar-refractivity contribution is 0.103. The van der Waals surface area contributed by atoms with Gasteiger partial charge in [-0.05, 0) is 34.1 Å². The monoisotopic (exact) mass is 359 g/mol. The van der Waals surface area contributed by atoms with Crippen molar-refractivity contribution >= 4 is 54.7 Å². The first-order chi connectivity index (χ1) is 7.59. The van der Waals surface area contributed by atoms with Crippen LogP contribution in [-0.2, 0) is 0 Å². The van der Waals surface area contributed by atoms with Crippen LogP contribution in [0.1, 0.15) is 15.9 Å². The highest BCUT2D eigenvalue weighted by Crippen LogP contribution is 2.27. The van der Waals surface area contributed by atoms with Crippen LogP contribution in [0.2, 0.25) is 0 Å². The third-order valence-corrected chi connectivity index (χ3v) is 4.32. The molecule has 0 saturated carbocycles. The summed E-state index contributed by atoms with van der Waals surface area (Å²) in [6, 6.07) is 5.27. The number of hydrogen-bond donors (Lipinski definition) is 1. The molecule has 2 rings (SSSR count). The lowest BCUT2D eigenvalue weighted by Gasteiger charge is -2.04. The molecule has 2 nitrogen and oxygen atoms in total. The molecule has 0 aliphatic rings. The van der Waals surface area contributed by atoms with Crippen LogP contribution in [0, 0.1) is 0 Å². The van der Waals surface area contributed by atoms with Crippen LogP contribution in [0.4, 0.5) is 5.69 Å². The Balaban J connectivity index is 2.49. The zero-order valence-corrected chi connectivity index (χ0v) is 12.0. The molecule has 0 unspecified atom stereocenters. The molecule has 5 heteroatoms. The number of hydrogen-bond acceptors (Lipinski definition) is 3. The topological polar surface area (TPSA) is 43.1 Å². The Bertz CT molecular complexity index is 551. The van der Waals surface area contributed by atoms with Crippen molar-refractivity contribution in [2.45, 2.75) is 0 Å². The average molecular weight is 361 g/mol. The van der Waals surface area contributed by atoms with Gasteiger partial charge in [0, 0.05) is 36.5 Å². The fourth-order valence-electron chi connectivity index (χ4n) is 1.31. The summed E-state index contributed by atoms with van der Waals surface area (Å²) < 4.78 is 1.65. The Morgan fingerprint density at radius 3 is 2.56 bits per heavy atom. The van der Waals surface area contributed by atoms with Crippen LogP contribution in [0.3, 0.4) is 0 Å². The summed E-state index contributed by atoms with van der Waals surface area (Å²) in [6.45, 7) is 0. The van der Waals surface area contributed by atoms with Gasteiger partial charge < -0.3 is 5.73 Å². The smallest absolute Gasteiger partial charge is 0.197 e. The minimum atomic E-state index is -0.0630. The first-order valence-corrected chi connectivity index (χ1v) is 6.94. The number of nitrogens with two attached hydrogens (primary N) is 1. The van der Waals surface area contributed by atoms with E-state index in [1.807, 2.05) is 16.8 Å². The number of rotatable bonds is 2. The Morgan fingerprint density at radius 2 is 1.94 bits per heavy atom. The average Bonchev–Trinajstić information content (AvgIpc) is 2.67. The van der Waals surface area contributed by atoms with Crippen LogP contribution < -0.4 is 5.73 Å². The van der Waals surface area contributed by atoms with E-state index in [-0.39, 0.29) is 5.78 Å². The number of halogens is 2. The molecule has 0 atom stereocenters. The molecule has 0 aliphatic heterocycles. The minimum absolute atomic E-state index is 0.0630. The van der Waals surface area contributed by atoms with Gasteiger partial charge in [-0.1, -0.05) is 15.9 Å². The van der Waals surface area contributed by atoms with E-state index in [1.54, 1.807) is 12.1 Å². The summed E-state index contributed by atoms with van der Waals surface area (Å²) in [5, 5.41) is 3.69. The van der Waals surface area contributed by atoms with Gasteiger partial charge in [-0.3, -0.25) is 4.79 Å². The van der Waals surface area contributed by atoms with E-state index in [4.69, 9.17) is 5.73 Å². The predicted octanol–water partition coefficient (Wildman–Crippen LogP) is 4.09. The molecule has 0 saturated heterocycles. The van der Waals surface area contributed by atoms with Crippen molar-refractivity contribution in [3.05, 3.63) is 49.0 Å². The molecule has 1 aromatic carbocycles. The molecule has 1 heterocycles. The quantitative estimate of drug-likeness (QED) is 0.647. The van der Waals surface area contributed by atoms with Crippen LogP contribution in [-0.4, -0.2) is 5.78 Å². The molecule has 16 heavy (non-hydrogen) atoms. The van der Waals surface area contributed by atoms with Gasteiger partial charge in [0.1, 0.15) is 0 Å². The van der Waals surface area contributed by atoms with Crippen molar-refractivity contribution in [1.29, 1.82) is 0 Å². The second kappa shape index (κ2) is 4.69. The first kappa shape index (κ1) is 11.8. The number of nitrogen functional groups attached to an aromatic ring is 1. The molecule has 0 aliphatic carbocycles. The van der Waals surface area contributed by atoms with Crippen LogP contribution in [0.25, 0.3) is 0 Å². The summed E-state index contributed by atoms with van der Waals surface area (Å²) in [7, 11) is 0. The van der Waals surface area contributed by atoms with E-state index in [0.717, 1.165) is 8.95 Å². The van der Waals surface area contributed by atoms with Gasteiger partial charge in [-0.25, -0.2) is 0 Å². The SMILES string of the molecule is Nc1ccc(Br)cc1C(=O)c1cscc1Br. The second-order valence-corrected chi connectivity index (χ2v) is 5.71. The van der Waals surface area contributed by atoms with Crippen molar-refractivity contribution in [1.82, 2.24) is 0 Å². The standard InChI is InChI=1S/C11H7Br2NOS/c12-6-1-2-10(14)7(3-6)11(15)8-4-16-5-9(8)13/h1-5H,14H2. The summed E-state index contributed by atoms with van der Waals surface area (Å²) in [6.07, 6.45) is 0. The largest absolute Gasteiger partial charge is 0.398 e. The van der Waals surface area contributed by atoms with Gasteiger partial charge in [0.25, 0.3) is 0 Å². The van der Waals surface area contributed by atoms with Crippen LogP contribution in [0.15, 0.2) is 37.9 Å². The Morgan fingerprint density at radius 1 is 1.19 bits per heavy atom. The van der Waals surface area contributed by atoms with Gasteiger partial charge >= 0.3 is 0 Å². The molecule has 2 N–H and O–H groups in total. The normalized spacial score (nSPS) is 10.4. The maximum Gasteiger partial charge on any atom is 0.197 e. The number of ketones is 1. The molecule has 0 amide bonds. The van der Waals surface area contributed by atoms with Crippen LogP contribution >= 0.6 is 43.2 Å². The van der Waals surface area contributed by atoms with Gasteiger partial charge in [-0.2, -0.15) is 11.3 Å². The van der Waals surface area contributed by atoms with E-state index in [9.17, 15) is 4.79 Å². The van der Waals surface area contributed by atoms with E-state index in [0.29, 0.717) is 16.8 Å². The molecule has 0 radical (unpaired) electrons. The van der Waals surface area contributed by atoms with Gasteiger partial charge in [-0.15, -0.1) is 0 Å². The van der Waals surface area contributed by atoms with Crippen molar-refractivity contribution in [2.75, 3.05) is 5.73 Å². The Labute approximate surface area is 114 Å². The van der Waals surface area contributed by atoms with E-state index in [1.165, 1.54) is 11.3 Å². The van der Waals surface area contributed by atoms with Crippen molar-refractivity contribution < 1.29 is 4.79 Å². The molecule has 1 aromatic heterocycles. The highest BCUT2D eigenvalue weighted by molar-refractivity contribution is 9.10. The molecule has 2 aromatic rings. The Hall–Kier alpha value is -0.650. The Kier molecular flexibility index (Phi) is 3.47. The zero-order valence-electron chi connectivity index (χ0n) is 8.04. The number of carbonyl (C=O) groups excluding carboxylic acids is 1. The van der Waals surface area contributed by atoms with E-state index < -0.39 is 0 Å². The molecule has 0 bridgehead atoms. The number of benzene rings is 1. The van der Waals surface area contributed by atoms with E-state index >= 15 is 0 Å². The summed E-state index contributed by atoms with van der Waals surface area (Å²) in [4.78, 5) is 12.2. The van der Waals surface area contributed by atoms with E-state index in [2.05, 4.69) is 31.9 Å². The van der Waals surface area contributed by atoms with Crippen molar-refractivity contribution in [2.24, 2.45) is 0 Å². The molecular weight excluding hydrogens is 354 g/mol. The highest BCUT2D eigenvalue weighted by Gasteiger charge is 2.16. The van der Waals surface area contributed by atoms with Crippen molar-refractivity contribution in [3.63, 3.8) is 0 Å². The highest BCUT2D eigenvalue weighted by atomic mass is 79.9. The lowest BCUT2D eigenvalue weighted by atomic mass is 10.0. The van der Waals surface area contributed by atoms with Crippen molar-refractivity contribution in [3.8, 4) is 0 Å². The summed E-state index contributed by atoms with van der Waals surface area (Å²) >= 11 is 8.15. The third kappa shape index (κ3) is 2.21. The maximum atomic E-state index is 12.2. The molecule has 82 valence electrons. The fourth-order valence-corrected chi connectivity index (χ4v) is 3.13. The molecule has 0 fully saturated rings. The third-order valence-electron chi connectivity index (χ3n) is 2.12. The second-order valence-electron chi connectivity index (χ2n) is 3.19. The fraction of sp³-hybridized carbons (Fsp3) is 0. The van der Waals surface area contributed by atoms with Gasteiger partial charge in [0.2, 0.25) is 0 Å². The zero-order chi connectivity index (χ0) is 11.7. The minimum Gasteiger partial charge on any atom is -0.398 e.